The first-order valence-corrected chi connectivity index (χ1v) is 10.6. The van der Waals surface area contributed by atoms with E-state index in [1.807, 2.05) is 44.2 Å². The van der Waals surface area contributed by atoms with E-state index in [0.29, 0.717) is 33.5 Å². The standard InChI is InChI=1S/C25H21N5O3/c1-3-30-15(2)26-20-13-16(10-11-22(20)30)24(31)28-29-25(32)18-14-21(23-9-6-12-33-23)27-19-8-5-4-7-17(18)19/h4-14H,3H2,1-2H3,(H,28,31)(H,29,32). The van der Waals surface area contributed by atoms with Crippen molar-refractivity contribution in [2.24, 2.45) is 0 Å². The van der Waals surface area contributed by atoms with Crippen molar-refractivity contribution >= 4 is 33.8 Å². The molecular formula is C25H21N5O3. The Labute approximate surface area is 189 Å². The number of rotatable bonds is 4. The minimum Gasteiger partial charge on any atom is -0.463 e. The van der Waals surface area contributed by atoms with Crippen LogP contribution in [0.2, 0.25) is 0 Å². The number of hydrogen-bond acceptors (Lipinski definition) is 5. The molecule has 0 aliphatic rings. The molecule has 3 heterocycles. The summed E-state index contributed by atoms with van der Waals surface area (Å²) in [4.78, 5) is 34.8. The molecule has 0 saturated carbocycles. The molecule has 8 heteroatoms. The monoisotopic (exact) mass is 439 g/mol. The summed E-state index contributed by atoms with van der Waals surface area (Å²) in [7, 11) is 0. The molecule has 0 atom stereocenters. The Kier molecular flexibility index (Phi) is 5.10. The molecule has 2 aromatic carbocycles. The van der Waals surface area contributed by atoms with Crippen molar-refractivity contribution in [3.8, 4) is 11.5 Å². The van der Waals surface area contributed by atoms with E-state index in [1.54, 1.807) is 36.6 Å². The van der Waals surface area contributed by atoms with Crippen molar-refractivity contribution < 1.29 is 14.0 Å². The van der Waals surface area contributed by atoms with Gasteiger partial charge in [0.25, 0.3) is 11.8 Å². The molecule has 2 N–H and O–H groups in total. The molecule has 8 nitrogen and oxygen atoms in total. The van der Waals surface area contributed by atoms with E-state index in [1.165, 1.54) is 0 Å². The first-order chi connectivity index (χ1) is 16.0. The Balaban J connectivity index is 1.40. The van der Waals surface area contributed by atoms with Crippen molar-refractivity contribution in [2.75, 3.05) is 0 Å². The number of hydrazine groups is 1. The van der Waals surface area contributed by atoms with Crippen molar-refractivity contribution in [1.82, 2.24) is 25.4 Å². The van der Waals surface area contributed by atoms with Crippen LogP contribution in [0.3, 0.4) is 0 Å². The molecule has 33 heavy (non-hydrogen) atoms. The summed E-state index contributed by atoms with van der Waals surface area (Å²) in [6, 6.07) is 17.8. The fraction of sp³-hybridized carbons (Fsp3) is 0.120. The highest BCUT2D eigenvalue weighted by molar-refractivity contribution is 6.08. The lowest BCUT2D eigenvalue weighted by Gasteiger charge is -2.11. The van der Waals surface area contributed by atoms with Gasteiger partial charge in [-0.05, 0) is 56.3 Å². The van der Waals surface area contributed by atoms with Crippen LogP contribution in [0.1, 0.15) is 33.5 Å². The van der Waals surface area contributed by atoms with Crippen LogP contribution in [0.5, 0.6) is 0 Å². The maximum absolute atomic E-state index is 13.0. The van der Waals surface area contributed by atoms with E-state index in [2.05, 4.69) is 25.4 Å². The second-order valence-corrected chi connectivity index (χ2v) is 7.56. The largest absolute Gasteiger partial charge is 0.463 e. The number of carbonyl (C=O) groups is 2. The predicted octanol–water partition coefficient (Wildman–Crippen LogP) is 4.25. The number of para-hydroxylation sites is 1. The van der Waals surface area contributed by atoms with Crippen molar-refractivity contribution in [1.29, 1.82) is 0 Å². The molecule has 0 aliphatic carbocycles. The molecule has 0 fully saturated rings. The van der Waals surface area contributed by atoms with Gasteiger partial charge in [0.05, 0.1) is 28.4 Å². The van der Waals surface area contributed by atoms with Gasteiger partial charge in [-0.15, -0.1) is 0 Å². The Morgan fingerprint density at radius 1 is 0.939 bits per heavy atom. The van der Waals surface area contributed by atoms with Gasteiger partial charge < -0.3 is 8.98 Å². The molecule has 0 saturated heterocycles. The summed E-state index contributed by atoms with van der Waals surface area (Å²) in [6.45, 7) is 4.77. The highest BCUT2D eigenvalue weighted by Gasteiger charge is 2.17. The molecule has 0 spiro atoms. The summed E-state index contributed by atoms with van der Waals surface area (Å²) in [5.41, 5.74) is 8.67. The smallest absolute Gasteiger partial charge is 0.270 e. The Morgan fingerprint density at radius 3 is 2.55 bits per heavy atom. The summed E-state index contributed by atoms with van der Waals surface area (Å²) in [6.07, 6.45) is 1.55. The zero-order valence-electron chi connectivity index (χ0n) is 18.1. The predicted molar refractivity (Wildman–Crippen MR) is 125 cm³/mol. The van der Waals surface area contributed by atoms with Crippen LogP contribution >= 0.6 is 0 Å². The molecule has 0 bridgehead atoms. The Morgan fingerprint density at radius 2 is 1.76 bits per heavy atom. The van der Waals surface area contributed by atoms with E-state index in [9.17, 15) is 9.59 Å². The molecule has 0 radical (unpaired) electrons. The second-order valence-electron chi connectivity index (χ2n) is 7.56. The van der Waals surface area contributed by atoms with Gasteiger partial charge in [-0.1, -0.05) is 18.2 Å². The third-order valence-corrected chi connectivity index (χ3v) is 5.54. The van der Waals surface area contributed by atoms with Crippen LogP contribution in [-0.2, 0) is 6.54 Å². The maximum atomic E-state index is 13.0. The molecule has 0 aliphatic heterocycles. The number of pyridine rings is 1. The fourth-order valence-corrected chi connectivity index (χ4v) is 3.96. The van der Waals surface area contributed by atoms with Crippen LogP contribution in [0, 0.1) is 6.92 Å². The SMILES string of the molecule is CCn1c(C)nc2cc(C(=O)NNC(=O)c3cc(-c4ccco4)nc4ccccc34)ccc21. The Bertz CT molecular complexity index is 1500. The van der Waals surface area contributed by atoms with Crippen LogP contribution in [0.4, 0.5) is 0 Å². The van der Waals surface area contributed by atoms with Gasteiger partial charge in [0.1, 0.15) is 11.5 Å². The van der Waals surface area contributed by atoms with Gasteiger partial charge in [-0.25, -0.2) is 9.97 Å². The normalized spacial score (nSPS) is 11.1. The quantitative estimate of drug-likeness (QED) is 0.408. The van der Waals surface area contributed by atoms with Crippen LogP contribution in [0.15, 0.2) is 71.3 Å². The minimum atomic E-state index is -0.457. The zero-order valence-corrected chi connectivity index (χ0v) is 18.1. The van der Waals surface area contributed by atoms with E-state index in [4.69, 9.17) is 4.42 Å². The zero-order chi connectivity index (χ0) is 22.9. The van der Waals surface area contributed by atoms with Crippen LogP contribution in [-0.4, -0.2) is 26.3 Å². The van der Waals surface area contributed by atoms with E-state index in [-0.39, 0.29) is 0 Å². The van der Waals surface area contributed by atoms with Gasteiger partial charge in [0, 0.05) is 17.5 Å². The minimum absolute atomic E-state index is 0.375. The molecule has 5 rings (SSSR count). The molecule has 0 unspecified atom stereocenters. The molecule has 5 aromatic rings. The maximum Gasteiger partial charge on any atom is 0.270 e. The first-order valence-electron chi connectivity index (χ1n) is 10.6. The number of nitrogens with one attached hydrogen (secondary N) is 2. The number of aryl methyl sites for hydroxylation is 2. The highest BCUT2D eigenvalue weighted by atomic mass is 16.3. The van der Waals surface area contributed by atoms with Crippen LogP contribution < -0.4 is 10.9 Å². The summed E-state index contributed by atoms with van der Waals surface area (Å²) >= 11 is 0. The third kappa shape index (κ3) is 3.71. The lowest BCUT2D eigenvalue weighted by atomic mass is 10.1. The number of aromatic nitrogens is 3. The lowest BCUT2D eigenvalue weighted by molar-refractivity contribution is 0.0847. The number of fused-ring (bicyclic) bond motifs is 2. The molecular weight excluding hydrogens is 418 g/mol. The number of benzene rings is 2. The molecule has 3 aromatic heterocycles. The second kappa shape index (κ2) is 8.23. The summed E-state index contributed by atoms with van der Waals surface area (Å²) in [5, 5.41) is 0.668. The van der Waals surface area contributed by atoms with E-state index >= 15 is 0 Å². The number of nitrogens with zero attached hydrogens (tertiary/aromatic N) is 3. The van der Waals surface area contributed by atoms with Gasteiger partial charge >= 0.3 is 0 Å². The van der Waals surface area contributed by atoms with Gasteiger partial charge in [0.15, 0.2) is 5.76 Å². The number of imidazole rings is 1. The number of amides is 2. The van der Waals surface area contributed by atoms with E-state index in [0.717, 1.165) is 23.4 Å². The van der Waals surface area contributed by atoms with Crippen molar-refractivity contribution in [3.63, 3.8) is 0 Å². The summed E-state index contributed by atoms with van der Waals surface area (Å²) in [5.74, 6) is 0.546. The average Bonchev–Trinajstić information content (AvgIpc) is 3.48. The van der Waals surface area contributed by atoms with Crippen molar-refractivity contribution in [3.05, 3.63) is 83.9 Å². The van der Waals surface area contributed by atoms with Crippen LogP contribution in [0.25, 0.3) is 33.4 Å². The molecule has 164 valence electrons. The van der Waals surface area contributed by atoms with E-state index < -0.39 is 11.8 Å². The first kappa shape index (κ1) is 20.4. The van der Waals surface area contributed by atoms with Crippen molar-refractivity contribution in [2.45, 2.75) is 20.4 Å². The summed E-state index contributed by atoms with van der Waals surface area (Å²) < 4.78 is 7.51. The lowest BCUT2D eigenvalue weighted by Crippen LogP contribution is -2.41. The van der Waals surface area contributed by atoms with Gasteiger partial charge in [0.2, 0.25) is 0 Å². The Hall–Kier alpha value is -4.46. The van der Waals surface area contributed by atoms with Gasteiger partial charge in [-0.2, -0.15) is 0 Å². The average molecular weight is 439 g/mol. The number of furan rings is 1. The van der Waals surface area contributed by atoms with Gasteiger partial charge in [-0.3, -0.25) is 20.4 Å². The third-order valence-electron chi connectivity index (χ3n) is 5.54. The highest BCUT2D eigenvalue weighted by Crippen LogP contribution is 2.25. The number of hydrogen-bond donors (Lipinski definition) is 2. The topological polar surface area (TPSA) is 102 Å². The number of carbonyl (C=O) groups excluding carboxylic acids is 2. The fourth-order valence-electron chi connectivity index (χ4n) is 3.96. The molecule has 2 amide bonds.